The summed E-state index contributed by atoms with van der Waals surface area (Å²) < 4.78 is 0. The fourth-order valence-electron chi connectivity index (χ4n) is 2.51. The van der Waals surface area contributed by atoms with Gasteiger partial charge in [0.25, 0.3) is 0 Å². The molecule has 1 heterocycles. The van der Waals surface area contributed by atoms with Crippen molar-refractivity contribution < 1.29 is 0 Å². The second kappa shape index (κ2) is 5.41. The second-order valence-corrected chi connectivity index (χ2v) is 4.85. The molecular weight excluding hydrogens is 198 g/mol. The Morgan fingerprint density at radius 2 is 2.12 bits per heavy atom. The molecule has 1 aliphatic carbocycles. The van der Waals surface area contributed by atoms with Crippen molar-refractivity contribution in [1.82, 2.24) is 9.88 Å². The number of nitrogens with zero attached hydrogens (tertiary/aromatic N) is 2. The van der Waals surface area contributed by atoms with E-state index in [2.05, 4.69) is 29.1 Å². The van der Waals surface area contributed by atoms with E-state index in [1.54, 1.807) is 0 Å². The highest BCUT2D eigenvalue weighted by Gasteiger charge is 2.22. The Morgan fingerprint density at radius 3 is 2.81 bits per heavy atom. The van der Waals surface area contributed by atoms with E-state index in [0.29, 0.717) is 12.1 Å². The summed E-state index contributed by atoms with van der Waals surface area (Å²) in [7, 11) is 2.20. The van der Waals surface area contributed by atoms with Gasteiger partial charge >= 0.3 is 0 Å². The Morgan fingerprint density at radius 1 is 1.38 bits per heavy atom. The summed E-state index contributed by atoms with van der Waals surface area (Å²) in [5, 5.41) is 0. The molecule has 1 fully saturated rings. The predicted molar refractivity (Wildman–Crippen MR) is 65.9 cm³/mol. The number of pyridine rings is 1. The number of hydrogen-bond donors (Lipinski definition) is 1. The molecule has 0 aromatic carbocycles. The summed E-state index contributed by atoms with van der Waals surface area (Å²) in [5.74, 6) is 0. The molecule has 0 saturated heterocycles. The van der Waals surface area contributed by atoms with E-state index in [1.807, 2.05) is 12.4 Å². The van der Waals surface area contributed by atoms with Gasteiger partial charge < -0.3 is 5.73 Å². The Labute approximate surface area is 97.7 Å². The molecule has 3 nitrogen and oxygen atoms in total. The zero-order valence-corrected chi connectivity index (χ0v) is 9.97. The monoisotopic (exact) mass is 219 g/mol. The van der Waals surface area contributed by atoms with Crippen LogP contribution in [-0.4, -0.2) is 29.0 Å². The van der Waals surface area contributed by atoms with E-state index in [1.165, 1.54) is 24.8 Å². The van der Waals surface area contributed by atoms with Crippen molar-refractivity contribution in [2.75, 3.05) is 7.05 Å². The largest absolute Gasteiger partial charge is 0.328 e. The highest BCUT2D eigenvalue weighted by atomic mass is 15.1. The Hall–Kier alpha value is -0.930. The number of aromatic nitrogens is 1. The van der Waals surface area contributed by atoms with E-state index >= 15 is 0 Å². The van der Waals surface area contributed by atoms with Crippen LogP contribution in [0.25, 0.3) is 0 Å². The third-order valence-corrected chi connectivity index (χ3v) is 3.49. The van der Waals surface area contributed by atoms with Crippen LogP contribution >= 0.6 is 0 Å². The molecule has 88 valence electrons. The summed E-state index contributed by atoms with van der Waals surface area (Å²) in [6.07, 6.45) is 8.61. The average molecular weight is 219 g/mol. The van der Waals surface area contributed by atoms with E-state index in [9.17, 15) is 0 Å². The lowest BCUT2D eigenvalue weighted by atomic mass is 9.90. The third kappa shape index (κ3) is 3.03. The maximum absolute atomic E-state index is 6.02. The average Bonchev–Trinajstić information content (AvgIpc) is 2.30. The minimum Gasteiger partial charge on any atom is -0.328 e. The normalized spacial score (nSPS) is 25.9. The fraction of sp³-hybridized carbons (Fsp3) is 0.615. The van der Waals surface area contributed by atoms with Crippen molar-refractivity contribution in [3.63, 3.8) is 0 Å². The van der Waals surface area contributed by atoms with Crippen LogP contribution < -0.4 is 5.73 Å². The van der Waals surface area contributed by atoms with Crippen LogP contribution in [0.5, 0.6) is 0 Å². The van der Waals surface area contributed by atoms with Crippen LogP contribution in [-0.2, 0) is 6.54 Å². The molecule has 0 spiro atoms. The first kappa shape index (κ1) is 11.6. The summed E-state index contributed by atoms with van der Waals surface area (Å²) in [4.78, 5) is 6.46. The molecule has 0 radical (unpaired) electrons. The molecule has 1 saturated carbocycles. The summed E-state index contributed by atoms with van der Waals surface area (Å²) >= 11 is 0. The van der Waals surface area contributed by atoms with Crippen LogP contribution in [0.4, 0.5) is 0 Å². The van der Waals surface area contributed by atoms with Gasteiger partial charge in [-0.05, 0) is 44.0 Å². The molecule has 1 aromatic rings. The first-order valence-electron chi connectivity index (χ1n) is 6.10. The van der Waals surface area contributed by atoms with Crippen molar-refractivity contribution in [2.45, 2.75) is 44.3 Å². The van der Waals surface area contributed by atoms with Crippen LogP contribution in [0.2, 0.25) is 0 Å². The highest BCUT2D eigenvalue weighted by molar-refractivity contribution is 5.09. The van der Waals surface area contributed by atoms with Gasteiger partial charge in [0, 0.05) is 31.0 Å². The van der Waals surface area contributed by atoms with Crippen molar-refractivity contribution in [1.29, 1.82) is 0 Å². The van der Waals surface area contributed by atoms with Gasteiger partial charge in [-0.1, -0.05) is 6.42 Å². The van der Waals surface area contributed by atoms with Crippen LogP contribution in [0.1, 0.15) is 31.2 Å². The van der Waals surface area contributed by atoms with E-state index < -0.39 is 0 Å². The van der Waals surface area contributed by atoms with E-state index in [0.717, 1.165) is 13.0 Å². The zero-order chi connectivity index (χ0) is 11.4. The molecule has 3 heteroatoms. The highest BCUT2D eigenvalue weighted by Crippen LogP contribution is 2.22. The van der Waals surface area contributed by atoms with Crippen molar-refractivity contribution in [3.05, 3.63) is 30.1 Å². The van der Waals surface area contributed by atoms with Gasteiger partial charge in [-0.15, -0.1) is 0 Å². The minimum atomic E-state index is 0.402. The first-order valence-corrected chi connectivity index (χ1v) is 6.10. The van der Waals surface area contributed by atoms with Gasteiger partial charge in [-0.3, -0.25) is 9.88 Å². The number of nitrogens with two attached hydrogens (primary N) is 1. The fourth-order valence-corrected chi connectivity index (χ4v) is 2.51. The lowest BCUT2D eigenvalue weighted by molar-refractivity contribution is 0.173. The van der Waals surface area contributed by atoms with Gasteiger partial charge in [0.05, 0.1) is 0 Å². The standard InChI is InChI=1S/C13H21N3/c1-16(10-11-5-7-15-8-6-11)13-4-2-3-12(14)9-13/h5-8,12-13H,2-4,9-10,14H2,1H3. The molecule has 0 bridgehead atoms. The Bertz CT molecular complexity index is 312. The summed E-state index contributed by atoms with van der Waals surface area (Å²) in [6, 6.07) is 5.22. The molecule has 16 heavy (non-hydrogen) atoms. The van der Waals surface area contributed by atoms with E-state index in [4.69, 9.17) is 5.73 Å². The molecule has 2 rings (SSSR count). The SMILES string of the molecule is CN(Cc1ccncc1)C1CCCC(N)C1. The molecule has 2 unspecified atom stereocenters. The predicted octanol–water partition coefficient (Wildman–Crippen LogP) is 1.78. The maximum Gasteiger partial charge on any atom is 0.0271 e. The number of rotatable bonds is 3. The van der Waals surface area contributed by atoms with Crippen LogP contribution in [0.3, 0.4) is 0 Å². The van der Waals surface area contributed by atoms with Crippen molar-refractivity contribution in [3.8, 4) is 0 Å². The topological polar surface area (TPSA) is 42.2 Å². The van der Waals surface area contributed by atoms with Gasteiger partial charge in [0.2, 0.25) is 0 Å². The first-order chi connectivity index (χ1) is 7.75. The molecule has 0 amide bonds. The lowest BCUT2D eigenvalue weighted by Gasteiger charge is -2.34. The molecular formula is C13H21N3. The van der Waals surface area contributed by atoms with Crippen molar-refractivity contribution in [2.24, 2.45) is 5.73 Å². The van der Waals surface area contributed by atoms with Crippen LogP contribution in [0, 0.1) is 0 Å². The van der Waals surface area contributed by atoms with Crippen LogP contribution in [0.15, 0.2) is 24.5 Å². The quantitative estimate of drug-likeness (QED) is 0.842. The second-order valence-electron chi connectivity index (χ2n) is 4.85. The molecule has 2 N–H and O–H groups in total. The molecule has 2 atom stereocenters. The summed E-state index contributed by atoms with van der Waals surface area (Å²) in [6.45, 7) is 1.000. The van der Waals surface area contributed by atoms with E-state index in [-0.39, 0.29) is 0 Å². The third-order valence-electron chi connectivity index (χ3n) is 3.49. The lowest BCUT2D eigenvalue weighted by Crippen LogP contribution is -2.40. The molecule has 1 aliphatic rings. The van der Waals surface area contributed by atoms with Gasteiger partial charge in [0.1, 0.15) is 0 Å². The Balaban J connectivity index is 1.90. The van der Waals surface area contributed by atoms with Gasteiger partial charge in [0.15, 0.2) is 0 Å². The minimum absolute atomic E-state index is 0.402. The Kier molecular flexibility index (Phi) is 3.91. The molecule has 0 aliphatic heterocycles. The summed E-state index contributed by atoms with van der Waals surface area (Å²) in [5.41, 5.74) is 7.35. The van der Waals surface area contributed by atoms with Gasteiger partial charge in [-0.25, -0.2) is 0 Å². The zero-order valence-electron chi connectivity index (χ0n) is 9.97. The van der Waals surface area contributed by atoms with Gasteiger partial charge in [-0.2, -0.15) is 0 Å². The number of hydrogen-bond acceptors (Lipinski definition) is 3. The maximum atomic E-state index is 6.02. The molecule has 1 aromatic heterocycles. The van der Waals surface area contributed by atoms with Crippen molar-refractivity contribution >= 4 is 0 Å². The smallest absolute Gasteiger partial charge is 0.0271 e.